The molecule has 2 nitrogen and oxygen atoms in total. The minimum Gasteiger partial charge on any atom is -0.383 e. The van der Waals surface area contributed by atoms with Gasteiger partial charge in [0.1, 0.15) is 5.82 Å². The minimum atomic E-state index is -4.61. The second kappa shape index (κ2) is 5.31. The summed E-state index contributed by atoms with van der Waals surface area (Å²) in [6.45, 7) is 0. The second-order valence-corrected chi connectivity index (χ2v) is 5.13. The highest BCUT2D eigenvalue weighted by atomic mass is 35.5. The number of nitrogens with two attached hydrogens (primary N) is 1. The van der Waals surface area contributed by atoms with Crippen molar-refractivity contribution in [3.05, 3.63) is 45.0 Å². The maximum Gasteiger partial charge on any atom is 0.419 e. The van der Waals surface area contributed by atoms with Crippen LogP contribution in [0.2, 0.25) is 15.1 Å². The first-order valence-corrected chi connectivity index (χ1v) is 6.31. The highest BCUT2D eigenvalue weighted by molar-refractivity contribution is 6.45. The van der Waals surface area contributed by atoms with Crippen molar-refractivity contribution in [2.24, 2.45) is 0 Å². The summed E-state index contributed by atoms with van der Waals surface area (Å²) in [7, 11) is 0. The molecular weight excluding hydrogens is 335 g/mol. The van der Waals surface area contributed by atoms with E-state index in [-0.39, 0.29) is 26.2 Å². The summed E-state index contributed by atoms with van der Waals surface area (Å²) in [6, 6.07) is 3.66. The molecule has 0 bridgehead atoms. The maximum atomic E-state index is 12.8. The zero-order chi connectivity index (χ0) is 15.1. The van der Waals surface area contributed by atoms with Gasteiger partial charge in [0.25, 0.3) is 0 Å². The molecule has 0 saturated heterocycles. The zero-order valence-corrected chi connectivity index (χ0v) is 11.9. The summed E-state index contributed by atoms with van der Waals surface area (Å²) in [4.78, 5) is 3.54. The number of hydrogen-bond donors (Lipinski definition) is 1. The first-order valence-electron chi connectivity index (χ1n) is 5.18. The number of anilines is 1. The van der Waals surface area contributed by atoms with E-state index in [0.29, 0.717) is 0 Å². The monoisotopic (exact) mass is 340 g/mol. The van der Waals surface area contributed by atoms with Gasteiger partial charge in [-0.2, -0.15) is 13.2 Å². The van der Waals surface area contributed by atoms with E-state index in [1.54, 1.807) is 0 Å². The summed E-state index contributed by atoms with van der Waals surface area (Å²) in [5, 5.41) is 0.482. The lowest BCUT2D eigenvalue weighted by atomic mass is 10.1. The molecule has 2 aromatic rings. The lowest BCUT2D eigenvalue weighted by Crippen LogP contribution is -2.10. The van der Waals surface area contributed by atoms with Crippen LogP contribution in [0.15, 0.2) is 24.4 Å². The molecule has 0 aliphatic heterocycles. The Morgan fingerprint density at radius 1 is 1.05 bits per heavy atom. The summed E-state index contributed by atoms with van der Waals surface area (Å²) < 4.78 is 38.4. The predicted octanol–water partition coefficient (Wildman–Crippen LogP) is 5.31. The van der Waals surface area contributed by atoms with Crippen LogP contribution in [-0.2, 0) is 6.18 Å². The Morgan fingerprint density at radius 2 is 1.70 bits per heavy atom. The minimum absolute atomic E-state index is 0.0933. The van der Waals surface area contributed by atoms with Gasteiger partial charge in [0.05, 0.1) is 15.6 Å². The normalized spacial score (nSPS) is 11.7. The molecule has 106 valence electrons. The van der Waals surface area contributed by atoms with Gasteiger partial charge in [-0.05, 0) is 18.2 Å². The Balaban J connectivity index is 2.66. The van der Waals surface area contributed by atoms with E-state index in [1.807, 2.05) is 0 Å². The van der Waals surface area contributed by atoms with Crippen LogP contribution < -0.4 is 5.73 Å². The van der Waals surface area contributed by atoms with Gasteiger partial charge in [0.15, 0.2) is 0 Å². The van der Waals surface area contributed by atoms with Crippen LogP contribution in [0, 0.1) is 0 Å². The average molecular weight is 342 g/mol. The molecule has 8 heteroatoms. The lowest BCUT2D eigenvalue weighted by molar-refractivity contribution is -0.137. The van der Waals surface area contributed by atoms with Crippen molar-refractivity contribution in [3.8, 4) is 11.1 Å². The molecule has 0 atom stereocenters. The first kappa shape index (κ1) is 15.2. The molecular formula is C12H6Cl3F3N2. The average Bonchev–Trinajstić information content (AvgIpc) is 2.33. The van der Waals surface area contributed by atoms with Gasteiger partial charge in [-0.3, -0.25) is 0 Å². The van der Waals surface area contributed by atoms with Gasteiger partial charge in [0, 0.05) is 22.3 Å². The molecule has 1 aromatic heterocycles. The second-order valence-electron chi connectivity index (χ2n) is 3.90. The van der Waals surface area contributed by atoms with E-state index in [2.05, 4.69) is 4.98 Å². The number of hydrogen-bond acceptors (Lipinski definition) is 2. The molecule has 1 heterocycles. The largest absolute Gasteiger partial charge is 0.419 e. The molecule has 0 aliphatic rings. The highest BCUT2D eigenvalue weighted by Crippen LogP contribution is 2.39. The number of benzene rings is 1. The van der Waals surface area contributed by atoms with Crippen LogP contribution >= 0.6 is 34.8 Å². The Kier molecular flexibility index (Phi) is 4.04. The van der Waals surface area contributed by atoms with Crippen molar-refractivity contribution in [2.45, 2.75) is 6.18 Å². The summed E-state index contributed by atoms with van der Waals surface area (Å²) in [5.41, 5.74) is 4.57. The molecule has 0 radical (unpaired) electrons. The fourth-order valence-corrected chi connectivity index (χ4v) is 2.33. The first-order chi connectivity index (χ1) is 9.20. The van der Waals surface area contributed by atoms with E-state index in [4.69, 9.17) is 40.5 Å². The molecule has 2 N–H and O–H groups in total. The Labute approximate surface area is 127 Å². The van der Waals surface area contributed by atoms with Gasteiger partial charge in [0.2, 0.25) is 0 Å². The van der Waals surface area contributed by atoms with Crippen molar-refractivity contribution < 1.29 is 13.2 Å². The van der Waals surface area contributed by atoms with Crippen LogP contribution in [0.1, 0.15) is 5.56 Å². The zero-order valence-electron chi connectivity index (χ0n) is 9.60. The van der Waals surface area contributed by atoms with E-state index >= 15 is 0 Å². The molecule has 20 heavy (non-hydrogen) atoms. The molecule has 0 spiro atoms. The number of rotatable bonds is 1. The van der Waals surface area contributed by atoms with Crippen LogP contribution in [0.5, 0.6) is 0 Å². The van der Waals surface area contributed by atoms with Crippen LogP contribution in [0.4, 0.5) is 19.0 Å². The van der Waals surface area contributed by atoms with E-state index in [0.717, 1.165) is 6.07 Å². The highest BCUT2D eigenvalue weighted by Gasteiger charge is 2.34. The summed E-state index contributed by atoms with van der Waals surface area (Å²) in [5.74, 6) is -0.606. The molecule has 2 rings (SSSR count). The van der Waals surface area contributed by atoms with Crippen molar-refractivity contribution >= 4 is 40.6 Å². The van der Waals surface area contributed by atoms with Crippen LogP contribution in [0.25, 0.3) is 11.1 Å². The number of aromatic nitrogens is 1. The topological polar surface area (TPSA) is 38.9 Å². The number of nitrogen functional groups attached to an aromatic ring is 1. The van der Waals surface area contributed by atoms with E-state index in [1.165, 1.54) is 18.3 Å². The summed E-state index contributed by atoms with van der Waals surface area (Å²) in [6.07, 6.45) is -3.43. The van der Waals surface area contributed by atoms with Gasteiger partial charge in [-0.25, -0.2) is 4.98 Å². The molecule has 1 aromatic carbocycles. The molecule has 0 saturated carbocycles. The third kappa shape index (κ3) is 2.95. The standard InChI is InChI=1S/C12H6Cl3F3N2/c13-6-2-7(10(15)9(14)3-6)5-1-8(12(16,17)18)11(19)20-4-5/h1-4H,(H2,19,20). The van der Waals surface area contributed by atoms with E-state index < -0.39 is 17.6 Å². The SMILES string of the molecule is Nc1ncc(-c2cc(Cl)cc(Cl)c2Cl)cc1C(F)(F)F. The fraction of sp³-hybridized carbons (Fsp3) is 0.0833. The van der Waals surface area contributed by atoms with Crippen LogP contribution in [-0.4, -0.2) is 4.98 Å². The van der Waals surface area contributed by atoms with Gasteiger partial charge in [-0.15, -0.1) is 0 Å². The van der Waals surface area contributed by atoms with Gasteiger partial charge in [-0.1, -0.05) is 34.8 Å². The molecule has 0 fully saturated rings. The van der Waals surface area contributed by atoms with Crippen molar-refractivity contribution in [1.29, 1.82) is 0 Å². The third-order valence-electron chi connectivity index (χ3n) is 2.53. The fourth-order valence-electron chi connectivity index (χ4n) is 1.62. The van der Waals surface area contributed by atoms with Crippen molar-refractivity contribution in [3.63, 3.8) is 0 Å². The predicted molar refractivity (Wildman–Crippen MR) is 74.1 cm³/mol. The molecule has 0 aliphatic carbocycles. The van der Waals surface area contributed by atoms with E-state index in [9.17, 15) is 13.2 Å². The third-order valence-corrected chi connectivity index (χ3v) is 3.55. The summed E-state index contributed by atoms with van der Waals surface area (Å²) >= 11 is 17.6. The number of pyridine rings is 1. The van der Waals surface area contributed by atoms with Crippen LogP contribution in [0.3, 0.4) is 0 Å². The molecule has 0 amide bonds. The quantitative estimate of drug-likeness (QED) is 0.714. The Hall–Kier alpha value is -1.17. The smallest absolute Gasteiger partial charge is 0.383 e. The number of alkyl halides is 3. The molecule has 0 unspecified atom stereocenters. The van der Waals surface area contributed by atoms with Crippen molar-refractivity contribution in [1.82, 2.24) is 4.98 Å². The van der Waals surface area contributed by atoms with Gasteiger partial charge >= 0.3 is 6.18 Å². The Morgan fingerprint density at radius 3 is 2.30 bits per heavy atom. The maximum absolute atomic E-state index is 12.8. The Bertz CT molecular complexity index is 672. The van der Waals surface area contributed by atoms with Gasteiger partial charge < -0.3 is 5.73 Å². The number of nitrogens with zero attached hydrogens (tertiary/aromatic N) is 1. The van der Waals surface area contributed by atoms with Crippen molar-refractivity contribution in [2.75, 3.05) is 5.73 Å². The number of halogens is 6. The lowest BCUT2D eigenvalue weighted by Gasteiger charge is -2.12.